The Balaban J connectivity index is 5.30. The molecule has 0 aromatic carbocycles. The van der Waals surface area contributed by atoms with Crippen molar-refractivity contribution in [2.45, 2.75) is 92.2 Å². The Morgan fingerprint density at radius 1 is 0.850 bits per heavy atom. The van der Waals surface area contributed by atoms with Gasteiger partial charge in [-0.05, 0) is 44.8 Å². The molecule has 2 heteroatoms. The molecule has 20 heavy (non-hydrogen) atoms. The monoisotopic (exact) mass is 284 g/mol. The van der Waals surface area contributed by atoms with Gasteiger partial charge >= 0.3 is 0 Å². The average Bonchev–Trinajstić information content (AvgIpc) is 2.49. The molecule has 1 N–H and O–H groups in total. The molecule has 0 saturated carbocycles. The Morgan fingerprint density at radius 2 is 1.35 bits per heavy atom. The largest absolute Gasteiger partial charge is 0.312 e. The van der Waals surface area contributed by atoms with Crippen molar-refractivity contribution in [2.24, 2.45) is 5.92 Å². The fraction of sp³-hybridized carbons (Fsp3) is 1.00. The molecule has 0 aliphatic heterocycles. The molecule has 1 atom stereocenters. The summed E-state index contributed by atoms with van der Waals surface area (Å²) < 4.78 is 0. The van der Waals surface area contributed by atoms with Crippen LogP contribution in [0.2, 0.25) is 0 Å². The molecule has 0 aromatic rings. The van der Waals surface area contributed by atoms with Gasteiger partial charge in [0, 0.05) is 11.6 Å². The van der Waals surface area contributed by atoms with Crippen LogP contribution in [0.1, 0.15) is 80.6 Å². The minimum atomic E-state index is 0.322. The first kappa shape index (κ1) is 19.9. The van der Waals surface area contributed by atoms with E-state index in [0.29, 0.717) is 11.6 Å². The second-order valence-electron chi connectivity index (χ2n) is 6.01. The number of rotatable bonds is 12. The molecule has 0 amide bonds. The number of nitrogens with zero attached hydrogens (tertiary/aromatic N) is 1. The van der Waals surface area contributed by atoms with E-state index in [1.807, 2.05) is 0 Å². The van der Waals surface area contributed by atoms with Crippen LogP contribution >= 0.6 is 0 Å². The molecule has 2 nitrogen and oxygen atoms in total. The molecule has 0 spiro atoms. The number of hydrogen-bond donors (Lipinski definition) is 1. The highest BCUT2D eigenvalue weighted by Crippen LogP contribution is 2.32. The Labute approximate surface area is 128 Å². The molecule has 0 fully saturated rings. The summed E-state index contributed by atoms with van der Waals surface area (Å²) in [4.78, 5) is 2.70. The summed E-state index contributed by atoms with van der Waals surface area (Å²) >= 11 is 0. The van der Waals surface area contributed by atoms with Crippen LogP contribution in [0, 0.1) is 5.92 Å². The van der Waals surface area contributed by atoms with Gasteiger partial charge in [0.2, 0.25) is 0 Å². The Hall–Kier alpha value is -0.0800. The fourth-order valence-corrected chi connectivity index (χ4v) is 3.96. The van der Waals surface area contributed by atoms with Crippen molar-refractivity contribution in [1.82, 2.24) is 10.2 Å². The molecule has 0 saturated heterocycles. The van der Waals surface area contributed by atoms with Crippen LogP contribution in [0.5, 0.6) is 0 Å². The van der Waals surface area contributed by atoms with Gasteiger partial charge in [0.15, 0.2) is 0 Å². The maximum Gasteiger partial charge on any atom is 0.0357 e. The molecule has 0 aliphatic rings. The zero-order chi connectivity index (χ0) is 15.6. The van der Waals surface area contributed by atoms with E-state index in [0.717, 1.165) is 25.6 Å². The molecule has 0 rings (SSSR count). The minimum Gasteiger partial charge on any atom is -0.312 e. The second-order valence-corrected chi connectivity index (χ2v) is 6.01. The zero-order valence-electron chi connectivity index (χ0n) is 15.3. The molecular weight excluding hydrogens is 244 g/mol. The molecule has 0 heterocycles. The number of nitrogens with one attached hydrogen (secondary N) is 1. The predicted octanol–water partition coefficient (Wildman–Crippen LogP) is 4.69. The lowest BCUT2D eigenvalue weighted by Crippen LogP contribution is -2.61. The van der Waals surface area contributed by atoms with Crippen molar-refractivity contribution < 1.29 is 0 Å². The van der Waals surface area contributed by atoms with Gasteiger partial charge in [0.1, 0.15) is 0 Å². The summed E-state index contributed by atoms with van der Waals surface area (Å²) in [5, 5.41) is 3.83. The van der Waals surface area contributed by atoms with Gasteiger partial charge in [0.05, 0.1) is 0 Å². The first-order valence-corrected chi connectivity index (χ1v) is 9.08. The van der Waals surface area contributed by atoms with Crippen molar-refractivity contribution in [1.29, 1.82) is 0 Å². The van der Waals surface area contributed by atoms with Crippen molar-refractivity contribution in [3.8, 4) is 0 Å². The van der Waals surface area contributed by atoms with E-state index >= 15 is 0 Å². The van der Waals surface area contributed by atoms with Crippen LogP contribution in [0.15, 0.2) is 0 Å². The molecule has 0 aromatic heterocycles. The predicted molar refractivity (Wildman–Crippen MR) is 92.4 cm³/mol. The van der Waals surface area contributed by atoms with E-state index in [-0.39, 0.29) is 0 Å². The quantitative estimate of drug-likeness (QED) is 0.559. The second kappa shape index (κ2) is 10.6. The first-order valence-electron chi connectivity index (χ1n) is 9.08. The summed E-state index contributed by atoms with van der Waals surface area (Å²) in [6.45, 7) is 19.7. The van der Waals surface area contributed by atoms with E-state index in [4.69, 9.17) is 0 Å². The summed E-state index contributed by atoms with van der Waals surface area (Å²) in [5.41, 5.74) is 0.322. The average molecular weight is 285 g/mol. The summed E-state index contributed by atoms with van der Waals surface area (Å²) in [6.07, 6.45) is 6.41. The van der Waals surface area contributed by atoms with E-state index in [9.17, 15) is 0 Å². The van der Waals surface area contributed by atoms with Crippen LogP contribution in [-0.2, 0) is 0 Å². The summed E-state index contributed by atoms with van der Waals surface area (Å²) in [7, 11) is 0. The van der Waals surface area contributed by atoms with E-state index in [1.54, 1.807) is 0 Å². The maximum absolute atomic E-state index is 3.83. The van der Waals surface area contributed by atoms with Crippen LogP contribution in [0.3, 0.4) is 0 Å². The molecule has 0 radical (unpaired) electrons. The van der Waals surface area contributed by atoms with Crippen LogP contribution in [-0.4, -0.2) is 36.1 Å². The molecule has 122 valence electrons. The van der Waals surface area contributed by atoms with Crippen molar-refractivity contribution in [3.63, 3.8) is 0 Å². The fourth-order valence-electron chi connectivity index (χ4n) is 3.96. The zero-order valence-corrected chi connectivity index (χ0v) is 15.3. The van der Waals surface area contributed by atoms with Gasteiger partial charge in [-0.15, -0.1) is 0 Å². The third kappa shape index (κ3) is 4.73. The standard InChI is InChI=1S/C18H40N2/c1-8-16(9-2)15-17(19-12-5)18(10-3,11-4)20(13-6)14-7/h16-17,19H,8-15H2,1-7H3. The Bertz CT molecular complexity index is 215. The first-order chi connectivity index (χ1) is 9.59. The molecular formula is C18H40N2. The SMILES string of the molecule is CCNC(CC(CC)CC)C(CC)(CC)N(CC)CC. The lowest BCUT2D eigenvalue weighted by Gasteiger charge is -2.49. The van der Waals surface area contributed by atoms with Crippen molar-refractivity contribution in [3.05, 3.63) is 0 Å². The lowest BCUT2D eigenvalue weighted by molar-refractivity contribution is 0.0399. The van der Waals surface area contributed by atoms with Gasteiger partial charge in [-0.2, -0.15) is 0 Å². The number of likely N-dealkylation sites (N-methyl/N-ethyl adjacent to an activating group) is 2. The van der Waals surface area contributed by atoms with E-state index in [2.05, 4.69) is 58.7 Å². The summed E-state index contributed by atoms with van der Waals surface area (Å²) in [5.74, 6) is 0.854. The molecule has 0 bridgehead atoms. The smallest absolute Gasteiger partial charge is 0.0357 e. The van der Waals surface area contributed by atoms with Crippen molar-refractivity contribution >= 4 is 0 Å². The van der Waals surface area contributed by atoms with Crippen LogP contribution < -0.4 is 5.32 Å². The molecule has 1 unspecified atom stereocenters. The molecule has 0 aliphatic carbocycles. The van der Waals surface area contributed by atoms with E-state index in [1.165, 1.54) is 32.1 Å². The van der Waals surface area contributed by atoms with Gasteiger partial charge < -0.3 is 5.32 Å². The summed E-state index contributed by atoms with van der Waals surface area (Å²) in [6, 6.07) is 0.618. The van der Waals surface area contributed by atoms with Crippen LogP contribution in [0.25, 0.3) is 0 Å². The normalized spacial score (nSPS) is 14.2. The van der Waals surface area contributed by atoms with Gasteiger partial charge in [0.25, 0.3) is 0 Å². The highest BCUT2D eigenvalue weighted by atomic mass is 15.2. The highest BCUT2D eigenvalue weighted by molar-refractivity contribution is 4.99. The number of hydrogen-bond acceptors (Lipinski definition) is 2. The Morgan fingerprint density at radius 3 is 1.65 bits per heavy atom. The topological polar surface area (TPSA) is 15.3 Å². The Kier molecular flexibility index (Phi) is 10.6. The third-order valence-corrected chi connectivity index (χ3v) is 5.44. The van der Waals surface area contributed by atoms with E-state index < -0.39 is 0 Å². The van der Waals surface area contributed by atoms with Crippen LogP contribution in [0.4, 0.5) is 0 Å². The maximum atomic E-state index is 3.83. The van der Waals surface area contributed by atoms with Gasteiger partial charge in [-0.25, -0.2) is 0 Å². The third-order valence-electron chi connectivity index (χ3n) is 5.44. The van der Waals surface area contributed by atoms with Gasteiger partial charge in [-0.1, -0.05) is 61.3 Å². The lowest BCUT2D eigenvalue weighted by atomic mass is 9.77. The highest BCUT2D eigenvalue weighted by Gasteiger charge is 2.39. The minimum absolute atomic E-state index is 0.322. The van der Waals surface area contributed by atoms with Gasteiger partial charge in [-0.3, -0.25) is 4.90 Å². The van der Waals surface area contributed by atoms with Crippen molar-refractivity contribution in [2.75, 3.05) is 19.6 Å².